The van der Waals surface area contributed by atoms with E-state index in [0.29, 0.717) is 0 Å². The lowest BCUT2D eigenvalue weighted by molar-refractivity contribution is 0.585. The summed E-state index contributed by atoms with van der Waals surface area (Å²) in [5.41, 5.74) is 7.44. The van der Waals surface area contributed by atoms with Gasteiger partial charge >= 0.3 is 0 Å². The Balaban J connectivity index is 1.69. The Morgan fingerprint density at radius 2 is 1.04 bits per heavy atom. The summed E-state index contributed by atoms with van der Waals surface area (Å²) in [6, 6.07) is 21.1. The van der Waals surface area contributed by atoms with E-state index in [1.54, 1.807) is 0 Å². The maximum atomic E-state index is 4.70. The van der Waals surface area contributed by atoms with E-state index in [1.165, 1.54) is 41.5 Å². The molecule has 2 atom stereocenters. The van der Waals surface area contributed by atoms with E-state index in [9.17, 15) is 0 Å². The minimum absolute atomic E-state index is 0.949. The van der Waals surface area contributed by atoms with Gasteiger partial charge in [-0.25, -0.2) is 0 Å². The highest BCUT2D eigenvalue weighted by Crippen LogP contribution is 2.48. The summed E-state index contributed by atoms with van der Waals surface area (Å²) in [4.78, 5) is 0. The zero-order chi connectivity index (χ0) is 16.6. The normalized spacial score (nSPS) is 21.6. The van der Waals surface area contributed by atoms with Gasteiger partial charge in [-0.05, 0) is 55.1 Å². The van der Waals surface area contributed by atoms with Gasteiger partial charge in [-0.2, -0.15) is 0 Å². The molecule has 0 aliphatic heterocycles. The molecular weight excluding hydrogens is 304 g/mol. The van der Waals surface area contributed by atoms with E-state index < -0.39 is 0 Å². The van der Waals surface area contributed by atoms with Gasteiger partial charge in [-0.15, -0.1) is 10.2 Å². The first-order chi connectivity index (χ1) is 12.4. The van der Waals surface area contributed by atoms with Gasteiger partial charge in [0.15, 0.2) is 0 Å². The highest BCUT2D eigenvalue weighted by atomic mass is 15.1. The predicted molar refractivity (Wildman–Crippen MR) is 101 cm³/mol. The molecule has 1 saturated carbocycles. The fourth-order valence-corrected chi connectivity index (χ4v) is 4.38. The molecule has 1 aromatic heterocycles. The van der Waals surface area contributed by atoms with Crippen LogP contribution < -0.4 is 0 Å². The Hall–Kier alpha value is -2.48. The molecule has 1 fully saturated rings. The van der Waals surface area contributed by atoms with Crippen LogP contribution in [0.4, 0.5) is 0 Å². The Morgan fingerprint density at radius 1 is 0.600 bits per heavy atom. The number of rotatable bonds is 2. The topological polar surface area (TPSA) is 25.8 Å². The largest absolute Gasteiger partial charge is 0.150 e. The van der Waals surface area contributed by atoms with Crippen LogP contribution in [0.25, 0.3) is 22.5 Å². The predicted octanol–water partition coefficient (Wildman–Crippen LogP) is 5.33. The Morgan fingerprint density at radius 3 is 1.48 bits per heavy atom. The van der Waals surface area contributed by atoms with Gasteiger partial charge in [0.25, 0.3) is 0 Å². The molecule has 0 bridgehead atoms. The van der Waals surface area contributed by atoms with E-state index >= 15 is 0 Å². The number of benzene rings is 2. The summed E-state index contributed by atoms with van der Waals surface area (Å²) in [6.07, 6.45) is 6.30. The molecule has 2 heteroatoms. The first-order valence-electron chi connectivity index (χ1n) is 9.39. The first-order valence-corrected chi connectivity index (χ1v) is 9.39. The molecule has 3 aromatic rings. The van der Waals surface area contributed by atoms with Crippen molar-refractivity contribution in [3.05, 3.63) is 71.8 Å². The molecular formula is C23H22N2. The number of nitrogens with zero attached hydrogens (tertiary/aromatic N) is 2. The molecule has 2 aliphatic carbocycles. The monoisotopic (exact) mass is 326 g/mol. The van der Waals surface area contributed by atoms with E-state index in [4.69, 9.17) is 10.2 Å². The molecule has 0 spiro atoms. The maximum Gasteiger partial charge on any atom is 0.0964 e. The third-order valence-electron chi connectivity index (χ3n) is 5.88. The van der Waals surface area contributed by atoms with Gasteiger partial charge in [0.05, 0.1) is 11.4 Å². The molecule has 1 unspecified atom stereocenters. The molecule has 2 aliphatic rings. The van der Waals surface area contributed by atoms with Crippen molar-refractivity contribution in [2.75, 3.05) is 0 Å². The van der Waals surface area contributed by atoms with Crippen LogP contribution in [0.3, 0.4) is 0 Å². The zero-order valence-electron chi connectivity index (χ0n) is 14.4. The Kier molecular flexibility index (Phi) is 3.62. The van der Waals surface area contributed by atoms with Crippen LogP contribution >= 0.6 is 0 Å². The van der Waals surface area contributed by atoms with Gasteiger partial charge in [0, 0.05) is 11.1 Å². The molecule has 1 heterocycles. The smallest absolute Gasteiger partial charge is 0.0964 e. The molecule has 0 radical (unpaired) electrons. The van der Waals surface area contributed by atoms with Gasteiger partial charge in [-0.3, -0.25) is 0 Å². The molecule has 2 nitrogen and oxygen atoms in total. The second kappa shape index (κ2) is 6.11. The standard InChI is InChI=1S/C23H22N2/c1-3-7-16(8-4-1)22-20-13-11-18-15-19(18)12-14-21(20)23(25-24-22)17-9-5-2-6-10-17/h1-10,18-19H,11-15H2/t18-,19?/m1/s1. The fourth-order valence-electron chi connectivity index (χ4n) is 4.38. The fraction of sp³-hybridized carbons (Fsp3) is 0.304. The van der Waals surface area contributed by atoms with Crippen LogP contribution in [-0.4, -0.2) is 10.2 Å². The zero-order valence-corrected chi connectivity index (χ0v) is 14.4. The lowest BCUT2D eigenvalue weighted by Gasteiger charge is -2.19. The SMILES string of the molecule is c1ccc(-c2nnc(-c3ccccc3)c3c2CCC2C[C@H]2CC3)cc1. The van der Waals surface area contributed by atoms with Crippen molar-refractivity contribution in [3.8, 4) is 22.5 Å². The molecule has 5 rings (SSSR count). The molecule has 25 heavy (non-hydrogen) atoms. The highest BCUT2D eigenvalue weighted by molar-refractivity contribution is 5.71. The molecule has 124 valence electrons. The van der Waals surface area contributed by atoms with Gasteiger partial charge in [0.2, 0.25) is 0 Å². The summed E-state index contributed by atoms with van der Waals surface area (Å²) in [6.45, 7) is 0. The summed E-state index contributed by atoms with van der Waals surface area (Å²) in [5.74, 6) is 1.90. The van der Waals surface area contributed by atoms with Gasteiger partial charge < -0.3 is 0 Å². The summed E-state index contributed by atoms with van der Waals surface area (Å²) < 4.78 is 0. The molecule has 0 N–H and O–H groups in total. The van der Waals surface area contributed by atoms with E-state index in [2.05, 4.69) is 60.7 Å². The van der Waals surface area contributed by atoms with E-state index in [1.807, 2.05) is 0 Å². The molecule has 2 aromatic carbocycles. The highest BCUT2D eigenvalue weighted by Gasteiger charge is 2.38. The summed E-state index contributed by atoms with van der Waals surface area (Å²) in [7, 11) is 0. The maximum absolute atomic E-state index is 4.70. The average Bonchev–Trinajstić information content (AvgIpc) is 3.41. The second-order valence-corrected chi connectivity index (χ2v) is 7.42. The van der Waals surface area contributed by atoms with Crippen molar-refractivity contribution in [2.24, 2.45) is 11.8 Å². The van der Waals surface area contributed by atoms with Crippen LogP contribution in [0.1, 0.15) is 30.4 Å². The van der Waals surface area contributed by atoms with Crippen molar-refractivity contribution in [3.63, 3.8) is 0 Å². The summed E-state index contributed by atoms with van der Waals surface area (Å²) >= 11 is 0. The van der Waals surface area contributed by atoms with Crippen LogP contribution in [0, 0.1) is 11.8 Å². The number of hydrogen-bond donors (Lipinski definition) is 0. The molecule has 0 amide bonds. The number of fused-ring (bicyclic) bond motifs is 2. The lowest BCUT2D eigenvalue weighted by Crippen LogP contribution is -2.09. The minimum atomic E-state index is 0.949. The van der Waals surface area contributed by atoms with Crippen LogP contribution in [0.2, 0.25) is 0 Å². The van der Waals surface area contributed by atoms with Gasteiger partial charge in [-0.1, -0.05) is 60.7 Å². The Bertz CT molecular complexity index is 812. The second-order valence-electron chi connectivity index (χ2n) is 7.42. The number of aromatic nitrogens is 2. The van der Waals surface area contributed by atoms with Gasteiger partial charge in [0.1, 0.15) is 0 Å². The first kappa shape index (κ1) is 14.8. The Labute approximate surface area is 148 Å². The van der Waals surface area contributed by atoms with E-state index in [0.717, 1.165) is 36.1 Å². The van der Waals surface area contributed by atoms with Crippen LogP contribution in [0.5, 0.6) is 0 Å². The minimum Gasteiger partial charge on any atom is -0.150 e. The van der Waals surface area contributed by atoms with Crippen molar-refractivity contribution >= 4 is 0 Å². The van der Waals surface area contributed by atoms with Crippen LogP contribution in [-0.2, 0) is 12.8 Å². The average molecular weight is 326 g/mol. The third-order valence-corrected chi connectivity index (χ3v) is 5.88. The van der Waals surface area contributed by atoms with Crippen molar-refractivity contribution < 1.29 is 0 Å². The molecule has 0 saturated heterocycles. The third kappa shape index (κ3) is 2.76. The number of hydrogen-bond acceptors (Lipinski definition) is 2. The van der Waals surface area contributed by atoms with Crippen molar-refractivity contribution in [2.45, 2.75) is 32.1 Å². The van der Waals surface area contributed by atoms with E-state index in [-0.39, 0.29) is 0 Å². The lowest BCUT2D eigenvalue weighted by atomic mass is 9.88. The van der Waals surface area contributed by atoms with Crippen LogP contribution in [0.15, 0.2) is 60.7 Å². The summed E-state index contributed by atoms with van der Waals surface area (Å²) in [5, 5.41) is 9.40. The quantitative estimate of drug-likeness (QED) is 0.636. The van der Waals surface area contributed by atoms with Crippen molar-refractivity contribution in [1.82, 2.24) is 10.2 Å². The van der Waals surface area contributed by atoms with Crippen molar-refractivity contribution in [1.29, 1.82) is 0 Å².